The smallest absolute Gasteiger partial charge is 0.246 e. The topological polar surface area (TPSA) is 51.7 Å². The minimum Gasteiger partial charge on any atom is -0.475 e. The Hall–Kier alpha value is -2.67. The van der Waals surface area contributed by atoms with Crippen LogP contribution in [-0.4, -0.2) is 42.7 Å². The third kappa shape index (κ3) is 4.51. The molecule has 7 heteroatoms. The molecule has 0 bridgehead atoms. The molecule has 0 saturated heterocycles. The van der Waals surface area contributed by atoms with E-state index >= 15 is 0 Å². The molecule has 2 aromatic heterocycles. The summed E-state index contributed by atoms with van der Waals surface area (Å²) in [5, 5.41) is 0. The molecule has 1 amide bonds. The zero-order chi connectivity index (χ0) is 21.8. The fourth-order valence-corrected chi connectivity index (χ4v) is 5.28. The van der Waals surface area contributed by atoms with Gasteiger partial charge in [-0.25, -0.2) is 4.98 Å². The number of aromatic nitrogens is 1. The lowest BCUT2D eigenvalue weighted by molar-refractivity contribution is -0.127. The van der Waals surface area contributed by atoms with Gasteiger partial charge in [0.25, 0.3) is 0 Å². The highest BCUT2D eigenvalue weighted by Crippen LogP contribution is 2.43. The van der Waals surface area contributed by atoms with Gasteiger partial charge in [0.15, 0.2) is 0 Å². The Morgan fingerprint density at radius 1 is 1.26 bits per heavy atom. The van der Waals surface area contributed by atoms with E-state index in [1.807, 2.05) is 35.2 Å². The van der Waals surface area contributed by atoms with Crippen molar-refractivity contribution in [1.82, 2.24) is 9.88 Å². The predicted octanol–water partition coefficient (Wildman–Crippen LogP) is 5.15. The molecule has 1 aromatic carbocycles. The lowest BCUT2D eigenvalue weighted by Crippen LogP contribution is -2.37. The number of rotatable bonds is 7. The quantitative estimate of drug-likeness (QED) is 0.366. The second-order valence-electron chi connectivity index (χ2n) is 7.19. The first-order valence-electron chi connectivity index (χ1n) is 9.98. The number of ether oxygens (including phenoxy) is 2. The molecule has 0 spiro atoms. The molecule has 4 rings (SSSR count). The third-order valence-corrected chi connectivity index (χ3v) is 6.60. The summed E-state index contributed by atoms with van der Waals surface area (Å²) in [4.78, 5) is 19.8. The van der Waals surface area contributed by atoms with Crippen LogP contribution in [0.25, 0.3) is 11.1 Å². The minimum absolute atomic E-state index is 0.0142. The van der Waals surface area contributed by atoms with Crippen molar-refractivity contribution in [1.29, 1.82) is 0 Å². The molecular weight excluding hydrogens is 432 g/mol. The second-order valence-corrected chi connectivity index (χ2v) is 8.96. The zero-order valence-electron chi connectivity index (χ0n) is 17.2. The van der Waals surface area contributed by atoms with Crippen molar-refractivity contribution < 1.29 is 14.3 Å². The maximum atomic E-state index is 12.5. The van der Waals surface area contributed by atoms with E-state index in [1.165, 1.54) is 23.0 Å². The first-order chi connectivity index (χ1) is 15.1. The molecule has 5 nitrogen and oxygen atoms in total. The average Bonchev–Trinajstić information content (AvgIpc) is 3.18. The Bertz CT molecular complexity index is 1100. The van der Waals surface area contributed by atoms with Crippen molar-refractivity contribution in [2.45, 2.75) is 12.5 Å². The van der Waals surface area contributed by atoms with E-state index < -0.39 is 0 Å². The molecule has 0 unspecified atom stereocenters. The van der Waals surface area contributed by atoms with E-state index in [2.05, 4.69) is 23.7 Å². The molecule has 31 heavy (non-hydrogen) atoms. The fraction of sp³-hybridized carbons (Fsp3) is 0.250. The number of halogens is 1. The molecule has 1 atom stereocenters. The van der Waals surface area contributed by atoms with Gasteiger partial charge in [0.1, 0.15) is 6.61 Å². The van der Waals surface area contributed by atoms with E-state index in [4.69, 9.17) is 21.1 Å². The van der Waals surface area contributed by atoms with Gasteiger partial charge in [-0.2, -0.15) is 0 Å². The Kier molecular flexibility index (Phi) is 6.70. The molecule has 0 aliphatic carbocycles. The first-order valence-corrected chi connectivity index (χ1v) is 11.2. The normalized spacial score (nSPS) is 15.4. The zero-order valence-corrected chi connectivity index (χ0v) is 18.8. The number of thiophene rings is 1. The number of hydrogen-bond donors (Lipinski definition) is 0. The molecule has 0 saturated carbocycles. The number of benzene rings is 1. The molecular formula is C24H23ClN2O3S. The van der Waals surface area contributed by atoms with Crippen molar-refractivity contribution in [2.24, 2.45) is 0 Å². The Morgan fingerprint density at radius 3 is 2.87 bits per heavy atom. The van der Waals surface area contributed by atoms with E-state index in [0.29, 0.717) is 32.2 Å². The largest absolute Gasteiger partial charge is 0.475 e. The van der Waals surface area contributed by atoms with Crippen LogP contribution in [0.3, 0.4) is 0 Å². The number of carbonyl (C=O) groups is 1. The Balaban J connectivity index is 1.79. The minimum atomic E-state index is -0.0809. The van der Waals surface area contributed by atoms with Gasteiger partial charge in [-0.3, -0.25) is 4.79 Å². The molecule has 3 heterocycles. The number of carbonyl (C=O) groups excluding carboxylic acids is 1. The van der Waals surface area contributed by atoms with Gasteiger partial charge in [-0.1, -0.05) is 42.4 Å². The standard InChI is InChI=1S/C24H23ClN2O3S/c1-3-23(28)27-14-20(19-13-22(25)31-21(19)15-27)17-8-5-4-7-16(17)18-9-6-10-26-24(18)30-12-11-29-2/h3-10,13,20H,1,11-12,14-15H2,2H3/t20-/m0/s1. The second kappa shape index (κ2) is 9.64. The molecule has 0 N–H and O–H groups in total. The van der Waals surface area contributed by atoms with E-state index in [1.54, 1.807) is 13.3 Å². The van der Waals surface area contributed by atoms with Crippen molar-refractivity contribution in [2.75, 3.05) is 26.9 Å². The van der Waals surface area contributed by atoms with Crippen LogP contribution in [0.2, 0.25) is 4.34 Å². The van der Waals surface area contributed by atoms with Crippen molar-refractivity contribution >= 4 is 28.8 Å². The SMILES string of the molecule is C=CC(=O)N1Cc2sc(Cl)cc2[C@H](c2ccccc2-c2cccnc2OCCOC)C1. The van der Waals surface area contributed by atoms with E-state index in [9.17, 15) is 4.79 Å². The van der Waals surface area contributed by atoms with E-state index in [0.717, 1.165) is 25.9 Å². The summed E-state index contributed by atoms with van der Waals surface area (Å²) in [7, 11) is 1.64. The van der Waals surface area contributed by atoms with Gasteiger partial charge in [0.2, 0.25) is 11.8 Å². The number of pyridine rings is 1. The lowest BCUT2D eigenvalue weighted by atomic mass is 9.84. The highest BCUT2D eigenvalue weighted by atomic mass is 35.5. The third-order valence-electron chi connectivity index (χ3n) is 5.33. The monoisotopic (exact) mass is 454 g/mol. The van der Waals surface area contributed by atoms with Crippen molar-refractivity contribution in [3.63, 3.8) is 0 Å². The van der Waals surface area contributed by atoms with Crippen LogP contribution >= 0.6 is 22.9 Å². The number of hydrogen-bond acceptors (Lipinski definition) is 5. The van der Waals surface area contributed by atoms with Gasteiger partial charge in [-0.05, 0) is 41.0 Å². The van der Waals surface area contributed by atoms with Crippen LogP contribution < -0.4 is 4.74 Å². The van der Waals surface area contributed by atoms with Crippen LogP contribution in [0.4, 0.5) is 0 Å². The van der Waals surface area contributed by atoms with Crippen molar-refractivity contribution in [3.05, 3.63) is 81.7 Å². The number of nitrogens with zero attached hydrogens (tertiary/aromatic N) is 2. The maximum Gasteiger partial charge on any atom is 0.246 e. The summed E-state index contributed by atoms with van der Waals surface area (Å²) in [6.45, 7) is 5.66. The summed E-state index contributed by atoms with van der Waals surface area (Å²) in [6.07, 6.45) is 3.09. The predicted molar refractivity (Wildman–Crippen MR) is 124 cm³/mol. The average molecular weight is 455 g/mol. The van der Waals surface area contributed by atoms with Gasteiger partial charge in [-0.15, -0.1) is 11.3 Å². The Labute approximate surface area is 190 Å². The summed E-state index contributed by atoms with van der Waals surface area (Å²) >= 11 is 7.90. The highest BCUT2D eigenvalue weighted by Gasteiger charge is 2.32. The summed E-state index contributed by atoms with van der Waals surface area (Å²) in [5.41, 5.74) is 4.20. The lowest BCUT2D eigenvalue weighted by Gasteiger charge is -2.33. The molecule has 1 aliphatic heterocycles. The molecule has 0 fully saturated rings. The van der Waals surface area contributed by atoms with Gasteiger partial charge < -0.3 is 14.4 Å². The highest BCUT2D eigenvalue weighted by molar-refractivity contribution is 7.16. The fourth-order valence-electron chi connectivity index (χ4n) is 3.93. The number of amides is 1. The van der Waals surface area contributed by atoms with Gasteiger partial charge in [0, 0.05) is 36.2 Å². The number of methoxy groups -OCH3 is 1. The molecule has 1 aliphatic rings. The van der Waals surface area contributed by atoms with Crippen LogP contribution in [0.15, 0.2) is 61.3 Å². The number of fused-ring (bicyclic) bond motifs is 1. The Morgan fingerprint density at radius 2 is 2.06 bits per heavy atom. The summed E-state index contributed by atoms with van der Waals surface area (Å²) in [5.74, 6) is 0.465. The van der Waals surface area contributed by atoms with Crippen LogP contribution in [-0.2, 0) is 16.1 Å². The van der Waals surface area contributed by atoms with Crippen LogP contribution in [0.1, 0.15) is 21.9 Å². The summed E-state index contributed by atoms with van der Waals surface area (Å²) in [6, 6.07) is 14.1. The van der Waals surface area contributed by atoms with Crippen LogP contribution in [0, 0.1) is 0 Å². The first kappa shape index (κ1) is 21.6. The van der Waals surface area contributed by atoms with E-state index in [-0.39, 0.29) is 11.8 Å². The molecule has 3 aromatic rings. The summed E-state index contributed by atoms with van der Waals surface area (Å²) < 4.78 is 11.7. The maximum absolute atomic E-state index is 12.5. The molecule has 0 radical (unpaired) electrons. The van der Waals surface area contributed by atoms with Crippen LogP contribution in [0.5, 0.6) is 5.88 Å². The van der Waals surface area contributed by atoms with Gasteiger partial charge >= 0.3 is 0 Å². The van der Waals surface area contributed by atoms with Crippen molar-refractivity contribution in [3.8, 4) is 17.0 Å². The molecule has 160 valence electrons. The van der Waals surface area contributed by atoms with Gasteiger partial charge in [0.05, 0.1) is 17.5 Å².